The number of carbonyl (C=O) groups is 1. The van der Waals surface area contributed by atoms with E-state index in [0.717, 1.165) is 19.5 Å². The van der Waals surface area contributed by atoms with Crippen molar-refractivity contribution < 1.29 is 4.79 Å². The first-order valence-electron chi connectivity index (χ1n) is 7.85. The maximum Gasteiger partial charge on any atom is 0.240 e. The minimum atomic E-state index is -0.313. The highest BCUT2D eigenvalue weighted by atomic mass is 16.2. The van der Waals surface area contributed by atoms with Crippen LogP contribution in [0.2, 0.25) is 0 Å². The average Bonchev–Trinajstić information content (AvgIpc) is 2.91. The van der Waals surface area contributed by atoms with Gasteiger partial charge in [0.1, 0.15) is 0 Å². The highest BCUT2D eigenvalue weighted by Gasteiger charge is 2.28. The van der Waals surface area contributed by atoms with Crippen LogP contribution in [0.5, 0.6) is 0 Å². The summed E-state index contributed by atoms with van der Waals surface area (Å²) in [6.45, 7) is 1.46. The smallest absolute Gasteiger partial charge is 0.240 e. The van der Waals surface area contributed by atoms with Gasteiger partial charge in [-0.1, -0.05) is 56.4 Å². The maximum absolute atomic E-state index is 12.5. The topological polar surface area (TPSA) is 46.3 Å². The molecular formula is C17H24N2O. The van der Waals surface area contributed by atoms with E-state index in [0.29, 0.717) is 5.92 Å². The first-order valence-corrected chi connectivity index (χ1v) is 7.85. The van der Waals surface area contributed by atoms with E-state index in [4.69, 9.17) is 5.73 Å². The zero-order valence-electron chi connectivity index (χ0n) is 12.1. The van der Waals surface area contributed by atoms with Gasteiger partial charge in [0, 0.05) is 13.1 Å². The van der Waals surface area contributed by atoms with E-state index >= 15 is 0 Å². The predicted molar refractivity (Wildman–Crippen MR) is 79.9 cm³/mol. The number of fused-ring (bicyclic) bond motifs is 1. The van der Waals surface area contributed by atoms with Crippen LogP contribution in [0.4, 0.5) is 0 Å². The minimum Gasteiger partial charge on any atom is -0.333 e. The molecule has 0 spiro atoms. The molecule has 1 fully saturated rings. The third-order valence-corrected chi connectivity index (χ3v) is 4.78. The van der Waals surface area contributed by atoms with Gasteiger partial charge in [-0.05, 0) is 23.5 Å². The second-order valence-electron chi connectivity index (χ2n) is 6.31. The SMILES string of the molecule is N[C@H](CC1CCCCC1)C(=O)N1Cc2ccccc2C1. The summed E-state index contributed by atoms with van der Waals surface area (Å²) in [5.41, 5.74) is 8.71. The van der Waals surface area contributed by atoms with E-state index in [1.807, 2.05) is 17.0 Å². The van der Waals surface area contributed by atoms with Crippen molar-refractivity contribution in [3.8, 4) is 0 Å². The normalized spacial score (nSPS) is 20.8. The fourth-order valence-corrected chi connectivity index (χ4v) is 3.61. The molecule has 2 aliphatic rings. The van der Waals surface area contributed by atoms with Gasteiger partial charge in [-0.3, -0.25) is 4.79 Å². The molecule has 0 unspecified atom stereocenters. The molecule has 0 radical (unpaired) electrons. The highest BCUT2D eigenvalue weighted by molar-refractivity contribution is 5.82. The van der Waals surface area contributed by atoms with Crippen molar-refractivity contribution in [2.24, 2.45) is 11.7 Å². The standard InChI is InChI=1S/C17H24N2O/c18-16(10-13-6-2-1-3-7-13)17(20)19-11-14-8-4-5-9-15(14)12-19/h4-5,8-9,13,16H,1-3,6-7,10-12,18H2/t16-/m1/s1. The van der Waals surface area contributed by atoms with Crippen molar-refractivity contribution in [3.05, 3.63) is 35.4 Å². The van der Waals surface area contributed by atoms with Gasteiger partial charge in [-0.2, -0.15) is 0 Å². The Bertz CT molecular complexity index is 455. The second-order valence-corrected chi connectivity index (χ2v) is 6.31. The van der Waals surface area contributed by atoms with Crippen molar-refractivity contribution in [3.63, 3.8) is 0 Å². The van der Waals surface area contributed by atoms with Crippen LogP contribution in [0.3, 0.4) is 0 Å². The molecule has 1 aliphatic heterocycles. The fourth-order valence-electron chi connectivity index (χ4n) is 3.61. The van der Waals surface area contributed by atoms with Gasteiger partial charge < -0.3 is 10.6 Å². The van der Waals surface area contributed by atoms with Crippen molar-refractivity contribution in [2.45, 2.75) is 57.7 Å². The van der Waals surface area contributed by atoms with E-state index in [2.05, 4.69) is 12.1 Å². The van der Waals surface area contributed by atoms with Gasteiger partial charge in [0.2, 0.25) is 5.91 Å². The number of rotatable bonds is 3. The van der Waals surface area contributed by atoms with Gasteiger partial charge >= 0.3 is 0 Å². The molecule has 0 aromatic heterocycles. The molecule has 2 N–H and O–H groups in total. The molecule has 1 amide bonds. The lowest BCUT2D eigenvalue weighted by Crippen LogP contribution is -2.42. The van der Waals surface area contributed by atoms with Gasteiger partial charge in [-0.25, -0.2) is 0 Å². The quantitative estimate of drug-likeness (QED) is 0.919. The van der Waals surface area contributed by atoms with Gasteiger partial charge in [0.15, 0.2) is 0 Å². The lowest BCUT2D eigenvalue weighted by Gasteiger charge is -2.26. The Balaban J connectivity index is 1.57. The second kappa shape index (κ2) is 5.96. The van der Waals surface area contributed by atoms with Crippen LogP contribution in [0.25, 0.3) is 0 Å². The summed E-state index contributed by atoms with van der Waals surface area (Å²) in [6.07, 6.45) is 7.33. The molecular weight excluding hydrogens is 248 g/mol. The van der Waals surface area contributed by atoms with Crippen LogP contribution in [0, 0.1) is 5.92 Å². The predicted octanol–water partition coefficient (Wildman–Crippen LogP) is 2.83. The minimum absolute atomic E-state index is 0.131. The van der Waals surface area contributed by atoms with Gasteiger partial charge in [0.05, 0.1) is 6.04 Å². The summed E-state index contributed by atoms with van der Waals surface area (Å²) >= 11 is 0. The van der Waals surface area contributed by atoms with Crippen LogP contribution in [-0.2, 0) is 17.9 Å². The van der Waals surface area contributed by atoms with Crippen molar-refractivity contribution in [1.82, 2.24) is 4.90 Å². The molecule has 108 valence electrons. The Labute approximate surface area is 121 Å². The molecule has 0 bridgehead atoms. The van der Waals surface area contributed by atoms with Crippen LogP contribution in [0.1, 0.15) is 49.7 Å². The van der Waals surface area contributed by atoms with Crippen molar-refractivity contribution >= 4 is 5.91 Å². The number of nitrogens with two attached hydrogens (primary N) is 1. The Morgan fingerprint density at radius 2 is 1.75 bits per heavy atom. The number of hydrogen-bond acceptors (Lipinski definition) is 2. The fraction of sp³-hybridized carbons (Fsp3) is 0.588. The lowest BCUT2D eigenvalue weighted by atomic mass is 9.85. The largest absolute Gasteiger partial charge is 0.333 e. The first kappa shape index (κ1) is 13.6. The van der Waals surface area contributed by atoms with E-state index in [1.165, 1.54) is 43.2 Å². The summed E-state index contributed by atoms with van der Waals surface area (Å²) in [5, 5.41) is 0. The Kier molecular flexibility index (Phi) is 4.06. The summed E-state index contributed by atoms with van der Waals surface area (Å²) in [5.74, 6) is 0.791. The molecule has 0 saturated heterocycles. The molecule has 20 heavy (non-hydrogen) atoms. The van der Waals surface area contributed by atoms with Gasteiger partial charge in [0.25, 0.3) is 0 Å². The van der Waals surface area contributed by atoms with Crippen LogP contribution >= 0.6 is 0 Å². The van der Waals surface area contributed by atoms with E-state index in [9.17, 15) is 4.79 Å². The van der Waals surface area contributed by atoms with Crippen LogP contribution in [-0.4, -0.2) is 16.8 Å². The number of hydrogen-bond donors (Lipinski definition) is 1. The summed E-state index contributed by atoms with van der Waals surface area (Å²) < 4.78 is 0. The molecule has 3 rings (SSSR count). The van der Waals surface area contributed by atoms with Crippen LogP contribution in [0.15, 0.2) is 24.3 Å². The molecule has 1 saturated carbocycles. The zero-order valence-corrected chi connectivity index (χ0v) is 12.1. The molecule has 3 heteroatoms. The van der Waals surface area contributed by atoms with E-state index < -0.39 is 0 Å². The summed E-state index contributed by atoms with van der Waals surface area (Å²) in [6, 6.07) is 7.97. The number of nitrogens with zero attached hydrogens (tertiary/aromatic N) is 1. The third kappa shape index (κ3) is 2.88. The molecule has 1 aromatic carbocycles. The Morgan fingerprint density at radius 1 is 1.15 bits per heavy atom. The Morgan fingerprint density at radius 3 is 2.35 bits per heavy atom. The van der Waals surface area contributed by atoms with Gasteiger partial charge in [-0.15, -0.1) is 0 Å². The molecule has 1 atom stereocenters. The zero-order chi connectivity index (χ0) is 13.9. The highest BCUT2D eigenvalue weighted by Crippen LogP contribution is 2.28. The number of carbonyl (C=O) groups excluding carboxylic acids is 1. The lowest BCUT2D eigenvalue weighted by molar-refractivity contribution is -0.133. The monoisotopic (exact) mass is 272 g/mol. The molecule has 1 aromatic rings. The average molecular weight is 272 g/mol. The molecule has 3 nitrogen and oxygen atoms in total. The first-order chi connectivity index (χ1) is 9.74. The van der Waals surface area contributed by atoms with Crippen LogP contribution < -0.4 is 5.73 Å². The molecule has 1 heterocycles. The van der Waals surface area contributed by atoms with Crippen molar-refractivity contribution in [1.29, 1.82) is 0 Å². The maximum atomic E-state index is 12.5. The Hall–Kier alpha value is -1.35. The van der Waals surface area contributed by atoms with E-state index in [1.54, 1.807) is 0 Å². The number of amides is 1. The van der Waals surface area contributed by atoms with E-state index in [-0.39, 0.29) is 11.9 Å². The summed E-state index contributed by atoms with van der Waals surface area (Å²) in [4.78, 5) is 14.4. The van der Waals surface area contributed by atoms with Crippen molar-refractivity contribution in [2.75, 3.05) is 0 Å². The third-order valence-electron chi connectivity index (χ3n) is 4.78. The number of benzene rings is 1. The summed E-state index contributed by atoms with van der Waals surface area (Å²) in [7, 11) is 0. The molecule has 1 aliphatic carbocycles.